The van der Waals surface area contributed by atoms with Gasteiger partial charge in [0.05, 0.1) is 25.4 Å². The van der Waals surface area contributed by atoms with Crippen molar-refractivity contribution in [2.45, 2.75) is 118 Å². The van der Waals surface area contributed by atoms with E-state index in [1.54, 1.807) is 32.9 Å². The number of carbonyl (C=O) groups excluding carboxylic acids is 2. The summed E-state index contributed by atoms with van der Waals surface area (Å²) in [6, 6.07) is 0. The molecule has 2 heterocycles. The molecule has 1 fully saturated rings. The van der Waals surface area contributed by atoms with E-state index in [-0.39, 0.29) is 35.9 Å². The molecule has 12 unspecified atom stereocenters. The van der Waals surface area contributed by atoms with E-state index >= 15 is 0 Å². The number of allylic oxidation sites excluding steroid dienone is 5. The molecule has 0 aromatic carbocycles. The minimum atomic E-state index is -1.99. The Bertz CT molecular complexity index is 1350. The molecule has 0 aromatic rings. The lowest BCUT2D eigenvalue weighted by Crippen LogP contribution is -2.59. The molecule has 0 aliphatic carbocycles. The molecule has 0 radical (unpaired) electrons. The van der Waals surface area contributed by atoms with Crippen molar-refractivity contribution in [3.63, 3.8) is 0 Å². The van der Waals surface area contributed by atoms with Crippen LogP contribution < -0.4 is 0 Å². The fourth-order valence-corrected chi connectivity index (χ4v) is 7.00. The van der Waals surface area contributed by atoms with E-state index in [1.807, 2.05) is 53.7 Å². The van der Waals surface area contributed by atoms with Gasteiger partial charge in [0.15, 0.2) is 5.79 Å². The number of methoxy groups -OCH3 is 2. The molecule has 2 aliphatic rings. The molecule has 12 nitrogen and oxygen atoms in total. The minimum Gasteiger partial charge on any atom is -0.490 e. The van der Waals surface area contributed by atoms with E-state index in [0.29, 0.717) is 18.1 Å². The number of esters is 2. The Hall–Kier alpha value is -3.29. The first kappa shape index (κ1) is 43.9. The summed E-state index contributed by atoms with van der Waals surface area (Å²) in [6.07, 6.45) is 5.37. The zero-order valence-corrected chi connectivity index (χ0v) is 31.9. The molecule has 1 saturated heterocycles. The monoisotopic (exact) mass is 720 g/mol. The largest absolute Gasteiger partial charge is 0.490 e. The van der Waals surface area contributed by atoms with Gasteiger partial charge in [0.1, 0.15) is 18.3 Å². The van der Waals surface area contributed by atoms with Crippen LogP contribution in [0.4, 0.5) is 0 Å². The van der Waals surface area contributed by atoms with E-state index in [2.05, 4.69) is 0 Å². The Balaban J connectivity index is 2.55. The Labute approximate surface area is 302 Å². The first-order valence-corrected chi connectivity index (χ1v) is 17.7. The Morgan fingerprint density at radius 2 is 1.71 bits per heavy atom. The number of cyclic esters (lactones) is 1. The molecule has 0 saturated carbocycles. The van der Waals surface area contributed by atoms with Crippen molar-refractivity contribution in [1.82, 2.24) is 0 Å². The van der Waals surface area contributed by atoms with Gasteiger partial charge in [0.25, 0.3) is 0 Å². The van der Waals surface area contributed by atoms with Gasteiger partial charge < -0.3 is 44.1 Å². The Kier molecular flexibility index (Phi) is 16.8. The summed E-state index contributed by atoms with van der Waals surface area (Å²) < 4.78 is 29.1. The molecular formula is C39H60O12. The van der Waals surface area contributed by atoms with Crippen molar-refractivity contribution in [3.8, 4) is 0 Å². The van der Waals surface area contributed by atoms with Crippen molar-refractivity contribution >= 4 is 17.9 Å². The number of carboxylic acid groups (broad SMARTS) is 1. The highest BCUT2D eigenvalue weighted by Crippen LogP contribution is 2.42. The summed E-state index contributed by atoms with van der Waals surface area (Å²) in [5, 5.41) is 43.8. The van der Waals surface area contributed by atoms with Crippen LogP contribution in [0.3, 0.4) is 0 Å². The Morgan fingerprint density at radius 1 is 1.06 bits per heavy atom. The van der Waals surface area contributed by atoms with Crippen LogP contribution in [0.1, 0.15) is 75.2 Å². The molecule has 12 heteroatoms. The average Bonchev–Trinajstić information content (AvgIpc) is 3.06. The number of rotatable bonds is 10. The van der Waals surface area contributed by atoms with Gasteiger partial charge >= 0.3 is 17.9 Å². The van der Waals surface area contributed by atoms with E-state index < -0.39 is 72.2 Å². The van der Waals surface area contributed by atoms with Crippen LogP contribution in [-0.4, -0.2) is 95.0 Å². The van der Waals surface area contributed by atoms with Crippen LogP contribution in [-0.2, 0) is 38.1 Å². The van der Waals surface area contributed by atoms with Gasteiger partial charge in [0, 0.05) is 49.4 Å². The molecule has 0 aromatic heterocycles. The summed E-state index contributed by atoms with van der Waals surface area (Å²) in [4.78, 5) is 37.1. The summed E-state index contributed by atoms with van der Waals surface area (Å²) >= 11 is 0. The molecule has 0 amide bonds. The van der Waals surface area contributed by atoms with Gasteiger partial charge in [-0.25, -0.2) is 14.4 Å². The standard InChI is InChI=1S/C39H60O12/c1-21(2)36-26(7)31(49-33(42)16-15-32(40)41)20-39(46,51-36)28(9)35(44)27(8)37-29(47-10)14-12-13-22(3)17-24(5)34(43)25(6)18-23(4)19-30(48-11)38(45)50-37/h12-16,18-19,21,24-29,31,34-37,43-44,46H,17,20H2,1-11H3,(H,40,41). The molecule has 288 valence electrons. The van der Waals surface area contributed by atoms with Gasteiger partial charge in [-0.2, -0.15) is 0 Å². The second kappa shape index (κ2) is 19.5. The minimum absolute atomic E-state index is 0.0458. The highest BCUT2D eigenvalue weighted by molar-refractivity contribution is 5.90. The van der Waals surface area contributed by atoms with Crippen LogP contribution in [0.15, 0.2) is 59.4 Å². The number of aliphatic carboxylic acids is 1. The van der Waals surface area contributed by atoms with E-state index in [9.17, 15) is 29.7 Å². The van der Waals surface area contributed by atoms with Crippen LogP contribution in [0.5, 0.6) is 0 Å². The van der Waals surface area contributed by atoms with E-state index in [0.717, 1.165) is 11.6 Å². The third kappa shape index (κ3) is 12.1. The normalized spacial score (nSPS) is 33.4. The maximum absolute atomic E-state index is 13.6. The second-order valence-electron chi connectivity index (χ2n) is 14.6. The topological polar surface area (TPSA) is 178 Å². The van der Waals surface area contributed by atoms with Crippen molar-refractivity contribution in [2.75, 3.05) is 14.2 Å². The van der Waals surface area contributed by atoms with Crippen LogP contribution >= 0.6 is 0 Å². The first-order valence-electron chi connectivity index (χ1n) is 17.7. The number of hydrogen-bond acceptors (Lipinski definition) is 11. The van der Waals surface area contributed by atoms with Crippen molar-refractivity contribution in [2.24, 2.45) is 35.5 Å². The summed E-state index contributed by atoms with van der Waals surface area (Å²) in [7, 11) is 2.80. The highest BCUT2D eigenvalue weighted by Gasteiger charge is 2.53. The smallest absolute Gasteiger partial charge is 0.373 e. The van der Waals surface area contributed by atoms with Gasteiger partial charge in [0.2, 0.25) is 5.76 Å². The molecular weight excluding hydrogens is 660 g/mol. The van der Waals surface area contributed by atoms with Crippen LogP contribution in [0, 0.1) is 35.5 Å². The number of aliphatic hydroxyl groups is 3. The molecule has 0 spiro atoms. The van der Waals surface area contributed by atoms with Crippen molar-refractivity contribution in [3.05, 3.63) is 59.4 Å². The van der Waals surface area contributed by atoms with Crippen LogP contribution in [0.2, 0.25) is 0 Å². The van der Waals surface area contributed by atoms with Gasteiger partial charge in [-0.15, -0.1) is 0 Å². The molecule has 2 rings (SSSR count). The maximum Gasteiger partial charge on any atom is 0.373 e. The number of hydrogen-bond donors (Lipinski definition) is 4. The fraction of sp³-hybridized carbons (Fsp3) is 0.667. The first-order chi connectivity index (χ1) is 23.8. The fourth-order valence-electron chi connectivity index (χ4n) is 7.00. The number of aliphatic hydroxyl groups excluding tert-OH is 2. The number of carbonyl (C=O) groups is 3. The van der Waals surface area contributed by atoms with Crippen LogP contribution in [0.25, 0.3) is 0 Å². The SMILES string of the molecule is COC1=CC(C)=CC(C)C(O)C(C)CC(C)=CC=CC(OC)C(C(C)C(O)C(C)C2(O)CC(OC(=O)C=CC(=O)O)C(C)C(C(C)C)O2)OC1=O. The summed E-state index contributed by atoms with van der Waals surface area (Å²) in [5.41, 5.74) is 1.70. The van der Waals surface area contributed by atoms with E-state index in [1.165, 1.54) is 20.3 Å². The lowest BCUT2D eigenvalue weighted by atomic mass is 9.76. The van der Waals surface area contributed by atoms with Gasteiger partial charge in [-0.3, -0.25) is 0 Å². The molecule has 2 aliphatic heterocycles. The zero-order valence-electron chi connectivity index (χ0n) is 31.9. The summed E-state index contributed by atoms with van der Waals surface area (Å²) in [6.45, 7) is 16.5. The zero-order chi connectivity index (χ0) is 38.8. The van der Waals surface area contributed by atoms with Crippen molar-refractivity contribution < 1.29 is 58.5 Å². The highest BCUT2D eigenvalue weighted by atomic mass is 16.6. The third-order valence-corrected chi connectivity index (χ3v) is 10.1. The predicted molar refractivity (Wildman–Crippen MR) is 191 cm³/mol. The lowest BCUT2D eigenvalue weighted by molar-refractivity contribution is -0.329. The average molecular weight is 721 g/mol. The van der Waals surface area contributed by atoms with Gasteiger partial charge in [-0.05, 0) is 38.2 Å². The van der Waals surface area contributed by atoms with E-state index in [4.69, 9.17) is 28.8 Å². The molecule has 12 atom stereocenters. The predicted octanol–water partition coefficient (Wildman–Crippen LogP) is 4.88. The quantitative estimate of drug-likeness (QED) is 0.178. The van der Waals surface area contributed by atoms with Crippen molar-refractivity contribution in [1.29, 1.82) is 0 Å². The number of ether oxygens (including phenoxy) is 5. The molecule has 51 heavy (non-hydrogen) atoms. The maximum atomic E-state index is 13.6. The third-order valence-electron chi connectivity index (χ3n) is 10.1. The summed E-state index contributed by atoms with van der Waals surface area (Å²) in [5.74, 6) is -7.68. The number of carboxylic acids is 1. The second-order valence-corrected chi connectivity index (χ2v) is 14.6. The van der Waals surface area contributed by atoms with Gasteiger partial charge in [-0.1, -0.05) is 83.9 Å². The lowest BCUT2D eigenvalue weighted by Gasteiger charge is -2.50. The molecule has 0 bridgehead atoms. The Morgan fingerprint density at radius 3 is 2.27 bits per heavy atom. The molecule has 4 N–H and O–H groups in total.